The van der Waals surface area contributed by atoms with Crippen molar-refractivity contribution in [2.45, 2.75) is 9.79 Å². The molecule has 0 bridgehead atoms. The lowest BCUT2D eigenvalue weighted by molar-refractivity contribution is 0.0593. The van der Waals surface area contributed by atoms with E-state index in [-0.39, 0.29) is 5.69 Å². The molecule has 0 fully saturated rings. The van der Waals surface area contributed by atoms with Gasteiger partial charge in [0.05, 0.1) is 30.6 Å². The van der Waals surface area contributed by atoms with Crippen LogP contribution < -0.4 is 0 Å². The van der Waals surface area contributed by atoms with Crippen molar-refractivity contribution in [3.05, 3.63) is 77.7 Å². The highest BCUT2D eigenvalue weighted by Crippen LogP contribution is 2.35. The summed E-state index contributed by atoms with van der Waals surface area (Å²) in [4.78, 5) is 25.8. The molecule has 4 aromatic rings. The van der Waals surface area contributed by atoms with Crippen molar-refractivity contribution in [3.8, 4) is 17.2 Å². The van der Waals surface area contributed by atoms with E-state index in [9.17, 15) is 9.18 Å². The summed E-state index contributed by atoms with van der Waals surface area (Å²) < 4.78 is 19.4. The lowest BCUT2D eigenvalue weighted by atomic mass is 10.3. The number of carbonyl (C=O) groups is 1. The van der Waals surface area contributed by atoms with Gasteiger partial charge in [0.25, 0.3) is 0 Å². The minimum absolute atomic E-state index is 0.0905. The Kier molecular flexibility index (Phi) is 5.73. The first-order valence-corrected chi connectivity index (χ1v) is 9.78. The van der Waals surface area contributed by atoms with Gasteiger partial charge in [-0.05, 0) is 36.4 Å². The Morgan fingerprint density at radius 3 is 2.50 bits per heavy atom. The quantitative estimate of drug-likeness (QED) is 0.423. The van der Waals surface area contributed by atoms with E-state index < -0.39 is 11.8 Å². The number of nitrogens with zero attached hydrogens (tertiary/aromatic N) is 5. The average Bonchev–Trinajstić information content (AvgIpc) is 3.19. The molecule has 30 heavy (non-hydrogen) atoms. The van der Waals surface area contributed by atoms with Gasteiger partial charge in [-0.15, -0.1) is 0 Å². The molecule has 7 nitrogen and oxygen atoms in total. The molecule has 0 saturated carbocycles. The van der Waals surface area contributed by atoms with E-state index >= 15 is 0 Å². The van der Waals surface area contributed by atoms with Crippen LogP contribution in [0.4, 0.5) is 4.39 Å². The van der Waals surface area contributed by atoms with Crippen molar-refractivity contribution >= 4 is 29.3 Å². The largest absolute Gasteiger partial charge is 0.464 e. The van der Waals surface area contributed by atoms with Crippen LogP contribution in [0.2, 0.25) is 5.02 Å². The van der Waals surface area contributed by atoms with Crippen LogP contribution >= 0.6 is 23.4 Å². The number of ether oxygens (including phenoxy) is 1. The average molecular weight is 442 g/mol. The van der Waals surface area contributed by atoms with Crippen LogP contribution in [-0.4, -0.2) is 37.8 Å². The molecule has 0 unspecified atom stereocenters. The zero-order chi connectivity index (χ0) is 21.1. The minimum atomic E-state index is -0.578. The van der Waals surface area contributed by atoms with Crippen molar-refractivity contribution in [1.29, 1.82) is 0 Å². The molecule has 0 aliphatic rings. The molecule has 150 valence electrons. The molecular formula is C20H13ClFN5O2S. The topological polar surface area (TPSA) is 82.8 Å². The van der Waals surface area contributed by atoms with Gasteiger partial charge < -0.3 is 4.74 Å². The second kappa shape index (κ2) is 8.60. The monoisotopic (exact) mass is 441 g/mol. The van der Waals surface area contributed by atoms with Gasteiger partial charge in [-0.25, -0.2) is 23.8 Å². The molecule has 4 rings (SSSR count). The molecule has 3 aromatic heterocycles. The highest BCUT2D eigenvalue weighted by Gasteiger charge is 2.17. The number of benzene rings is 1. The summed E-state index contributed by atoms with van der Waals surface area (Å²) in [6, 6.07) is 10.2. The molecule has 3 heterocycles. The summed E-state index contributed by atoms with van der Waals surface area (Å²) in [5, 5.41) is 5.19. The number of methoxy groups -OCH3 is 1. The van der Waals surface area contributed by atoms with Gasteiger partial charge in [-0.3, -0.25) is 4.98 Å². The summed E-state index contributed by atoms with van der Waals surface area (Å²) in [7, 11) is 1.27. The fraction of sp³-hybridized carbons (Fsp3) is 0.0500. The maximum absolute atomic E-state index is 13.2. The predicted octanol–water partition coefficient (Wildman–Crippen LogP) is 4.45. The maximum Gasteiger partial charge on any atom is 0.358 e. The van der Waals surface area contributed by atoms with E-state index in [0.29, 0.717) is 22.2 Å². The Morgan fingerprint density at radius 2 is 1.87 bits per heavy atom. The molecule has 1 aromatic carbocycles. The Balaban J connectivity index is 1.75. The van der Waals surface area contributed by atoms with E-state index in [1.54, 1.807) is 18.3 Å². The normalized spacial score (nSPS) is 10.8. The first-order valence-electron chi connectivity index (χ1n) is 8.59. The minimum Gasteiger partial charge on any atom is -0.464 e. The van der Waals surface area contributed by atoms with E-state index in [4.69, 9.17) is 11.6 Å². The summed E-state index contributed by atoms with van der Waals surface area (Å²) in [5.41, 5.74) is 1.08. The van der Waals surface area contributed by atoms with Gasteiger partial charge in [-0.2, -0.15) is 5.10 Å². The molecule has 0 N–H and O–H groups in total. The molecular weight excluding hydrogens is 429 g/mol. The zero-order valence-electron chi connectivity index (χ0n) is 15.5. The van der Waals surface area contributed by atoms with Crippen LogP contribution in [0.1, 0.15) is 10.5 Å². The molecule has 10 heteroatoms. The van der Waals surface area contributed by atoms with E-state index in [0.717, 1.165) is 16.0 Å². The number of hydrogen-bond donors (Lipinski definition) is 0. The van der Waals surface area contributed by atoms with Crippen LogP contribution in [0.15, 0.2) is 71.0 Å². The summed E-state index contributed by atoms with van der Waals surface area (Å²) >= 11 is 7.42. The van der Waals surface area contributed by atoms with Gasteiger partial charge in [0.1, 0.15) is 17.2 Å². The van der Waals surface area contributed by atoms with Crippen molar-refractivity contribution in [2.75, 3.05) is 7.11 Å². The highest BCUT2D eigenvalue weighted by molar-refractivity contribution is 7.99. The number of hydrogen-bond acceptors (Lipinski definition) is 7. The van der Waals surface area contributed by atoms with E-state index in [1.165, 1.54) is 48.1 Å². The molecule has 0 aliphatic heterocycles. The van der Waals surface area contributed by atoms with E-state index in [2.05, 4.69) is 24.8 Å². The molecule has 0 saturated heterocycles. The maximum atomic E-state index is 13.2. The van der Waals surface area contributed by atoms with Gasteiger partial charge in [-0.1, -0.05) is 23.4 Å². The fourth-order valence-electron chi connectivity index (χ4n) is 2.52. The van der Waals surface area contributed by atoms with E-state index in [1.807, 2.05) is 12.1 Å². The van der Waals surface area contributed by atoms with Crippen molar-refractivity contribution in [2.24, 2.45) is 0 Å². The summed E-state index contributed by atoms with van der Waals surface area (Å²) in [5.74, 6) is -0.572. The second-order valence-corrected chi connectivity index (χ2v) is 7.51. The number of aromatic nitrogens is 5. The number of rotatable bonds is 5. The van der Waals surface area contributed by atoms with Gasteiger partial charge in [0.2, 0.25) is 0 Å². The standard InChI is InChI=1S/C20H13ClFN5O2S/c1-29-20(28)16-10-23-15(9-24-16)19-17(30-14-5-2-12(21)3-6-14)11-27(26-19)18-7-4-13(22)8-25-18/h2-11H,1H3. The van der Waals surface area contributed by atoms with Crippen LogP contribution in [0.3, 0.4) is 0 Å². The number of carbonyl (C=O) groups excluding carboxylic acids is 1. The molecule has 0 amide bonds. The van der Waals surface area contributed by atoms with Gasteiger partial charge >= 0.3 is 5.97 Å². The second-order valence-electron chi connectivity index (χ2n) is 5.96. The third kappa shape index (κ3) is 4.32. The van der Waals surface area contributed by atoms with Gasteiger partial charge in [0, 0.05) is 16.1 Å². The third-order valence-corrected chi connectivity index (χ3v) is 5.24. The molecule has 0 aliphatic carbocycles. The fourth-order valence-corrected chi connectivity index (χ4v) is 3.57. The molecule has 0 atom stereocenters. The van der Waals surface area contributed by atoms with Crippen LogP contribution in [-0.2, 0) is 4.74 Å². The third-order valence-electron chi connectivity index (χ3n) is 3.96. The van der Waals surface area contributed by atoms with Crippen molar-refractivity contribution in [3.63, 3.8) is 0 Å². The lowest BCUT2D eigenvalue weighted by Crippen LogP contribution is -2.05. The zero-order valence-corrected chi connectivity index (χ0v) is 17.1. The van der Waals surface area contributed by atoms with Crippen LogP contribution in [0.25, 0.3) is 17.2 Å². The first-order chi connectivity index (χ1) is 14.5. The Labute approximate surface area is 179 Å². The van der Waals surface area contributed by atoms with Crippen LogP contribution in [0, 0.1) is 5.82 Å². The van der Waals surface area contributed by atoms with Crippen molar-refractivity contribution < 1.29 is 13.9 Å². The van der Waals surface area contributed by atoms with Crippen molar-refractivity contribution in [1.82, 2.24) is 24.7 Å². The van der Waals surface area contributed by atoms with Crippen LogP contribution in [0.5, 0.6) is 0 Å². The highest BCUT2D eigenvalue weighted by atomic mass is 35.5. The smallest absolute Gasteiger partial charge is 0.358 e. The Hall–Kier alpha value is -3.30. The Bertz CT molecular complexity index is 1180. The number of esters is 1. The molecule has 0 radical (unpaired) electrons. The first kappa shape index (κ1) is 20.0. The van der Waals surface area contributed by atoms with Gasteiger partial charge in [0.15, 0.2) is 11.5 Å². The number of pyridine rings is 1. The Morgan fingerprint density at radius 1 is 1.07 bits per heavy atom. The lowest BCUT2D eigenvalue weighted by Gasteiger charge is -2.03. The molecule has 0 spiro atoms. The predicted molar refractivity (Wildman–Crippen MR) is 109 cm³/mol. The summed E-state index contributed by atoms with van der Waals surface area (Å²) in [6.07, 6.45) is 5.66. The number of halogens is 2. The summed E-state index contributed by atoms with van der Waals surface area (Å²) in [6.45, 7) is 0. The SMILES string of the molecule is COC(=O)c1cnc(-c2nn(-c3ccc(F)cn3)cc2Sc2ccc(Cl)cc2)cn1.